The first kappa shape index (κ1) is 11.1. The van der Waals surface area contributed by atoms with Crippen LogP contribution in [-0.2, 0) is 4.79 Å². The molecule has 4 nitrogen and oxygen atoms in total. The highest BCUT2D eigenvalue weighted by atomic mass is 16.2. The van der Waals surface area contributed by atoms with E-state index in [1.165, 1.54) is 0 Å². The number of anilines is 1. The topological polar surface area (TPSA) is 54.0 Å². The van der Waals surface area contributed by atoms with Gasteiger partial charge in [0.2, 0.25) is 5.91 Å². The number of aromatic nitrogens is 1. The van der Waals surface area contributed by atoms with E-state index in [4.69, 9.17) is 0 Å². The number of nitrogens with one attached hydrogen (secondary N) is 2. The zero-order chi connectivity index (χ0) is 11.4. The molecular weight excluding hydrogens is 202 g/mol. The molecule has 4 heteroatoms. The van der Waals surface area contributed by atoms with Crippen LogP contribution in [0.4, 0.5) is 5.69 Å². The van der Waals surface area contributed by atoms with Crippen molar-refractivity contribution in [3.8, 4) is 0 Å². The summed E-state index contributed by atoms with van der Waals surface area (Å²) in [5.74, 6) is 0.436. The number of pyridine rings is 1. The second-order valence-corrected chi connectivity index (χ2v) is 4.28. The van der Waals surface area contributed by atoms with Gasteiger partial charge in [-0.2, -0.15) is 0 Å². The number of piperidine rings is 1. The Morgan fingerprint density at radius 2 is 2.50 bits per heavy atom. The van der Waals surface area contributed by atoms with Gasteiger partial charge in [0.05, 0.1) is 17.9 Å². The number of carbonyl (C=O) groups excluding carboxylic acids is 1. The summed E-state index contributed by atoms with van der Waals surface area (Å²) in [5, 5.41) is 6.13. The Labute approximate surface area is 95.5 Å². The number of nitrogens with zero attached hydrogens (tertiary/aromatic N) is 1. The van der Waals surface area contributed by atoms with Crippen LogP contribution in [0, 0.1) is 5.92 Å². The fourth-order valence-corrected chi connectivity index (χ4v) is 2.06. The van der Waals surface area contributed by atoms with E-state index in [2.05, 4.69) is 22.5 Å². The first-order chi connectivity index (χ1) is 7.77. The zero-order valence-electron chi connectivity index (χ0n) is 9.44. The highest BCUT2D eigenvalue weighted by molar-refractivity contribution is 5.94. The lowest BCUT2D eigenvalue weighted by Gasteiger charge is -2.28. The van der Waals surface area contributed by atoms with E-state index in [0.717, 1.165) is 25.1 Å². The molecule has 2 atom stereocenters. The number of hydrogen-bond donors (Lipinski definition) is 2. The SMILES string of the molecule is CC1CCCNC1C(=O)Nc1cccnc1. The van der Waals surface area contributed by atoms with Gasteiger partial charge in [0.1, 0.15) is 0 Å². The molecule has 0 spiro atoms. The number of amides is 1. The third-order valence-electron chi connectivity index (χ3n) is 2.98. The average molecular weight is 219 g/mol. The molecular formula is C12H17N3O. The van der Waals surface area contributed by atoms with Crippen molar-refractivity contribution in [3.63, 3.8) is 0 Å². The minimum atomic E-state index is -0.0750. The molecule has 2 heterocycles. The molecule has 2 unspecified atom stereocenters. The summed E-state index contributed by atoms with van der Waals surface area (Å²) in [6.07, 6.45) is 5.61. The Hall–Kier alpha value is -1.42. The van der Waals surface area contributed by atoms with Crippen molar-refractivity contribution in [2.24, 2.45) is 5.92 Å². The van der Waals surface area contributed by atoms with Gasteiger partial charge in [-0.25, -0.2) is 0 Å². The van der Waals surface area contributed by atoms with Gasteiger partial charge < -0.3 is 10.6 Å². The Balaban J connectivity index is 1.97. The second-order valence-electron chi connectivity index (χ2n) is 4.28. The quantitative estimate of drug-likeness (QED) is 0.790. The first-order valence-electron chi connectivity index (χ1n) is 5.71. The Morgan fingerprint density at radius 1 is 1.62 bits per heavy atom. The summed E-state index contributed by atoms with van der Waals surface area (Å²) < 4.78 is 0. The minimum Gasteiger partial charge on any atom is -0.323 e. The first-order valence-corrected chi connectivity index (χ1v) is 5.71. The Bertz CT molecular complexity index is 353. The number of hydrogen-bond acceptors (Lipinski definition) is 3. The smallest absolute Gasteiger partial charge is 0.241 e. The van der Waals surface area contributed by atoms with Crippen molar-refractivity contribution in [1.82, 2.24) is 10.3 Å². The van der Waals surface area contributed by atoms with E-state index < -0.39 is 0 Å². The van der Waals surface area contributed by atoms with E-state index in [0.29, 0.717) is 5.92 Å². The van der Waals surface area contributed by atoms with Crippen LogP contribution in [0.1, 0.15) is 19.8 Å². The molecule has 1 saturated heterocycles. The van der Waals surface area contributed by atoms with Gasteiger partial charge in [0, 0.05) is 6.20 Å². The maximum absolute atomic E-state index is 12.0. The standard InChI is InChI=1S/C12H17N3O/c1-9-4-2-7-14-11(9)12(16)15-10-5-3-6-13-8-10/h3,5-6,8-9,11,14H,2,4,7H2,1H3,(H,15,16). The monoisotopic (exact) mass is 219 g/mol. The van der Waals surface area contributed by atoms with Gasteiger partial charge in [-0.3, -0.25) is 9.78 Å². The Morgan fingerprint density at radius 3 is 3.19 bits per heavy atom. The summed E-state index contributed by atoms with van der Waals surface area (Å²) >= 11 is 0. The maximum atomic E-state index is 12.0. The normalized spacial score (nSPS) is 25.1. The summed E-state index contributed by atoms with van der Waals surface area (Å²) in [6.45, 7) is 3.04. The van der Waals surface area contributed by atoms with Gasteiger partial charge in [-0.15, -0.1) is 0 Å². The van der Waals surface area contributed by atoms with Crippen LogP contribution in [0.5, 0.6) is 0 Å². The van der Waals surface area contributed by atoms with Crippen molar-refractivity contribution in [1.29, 1.82) is 0 Å². The van der Waals surface area contributed by atoms with Crippen molar-refractivity contribution in [2.45, 2.75) is 25.8 Å². The predicted octanol–water partition coefficient (Wildman–Crippen LogP) is 1.41. The molecule has 16 heavy (non-hydrogen) atoms. The molecule has 2 rings (SSSR count). The number of rotatable bonds is 2. The van der Waals surface area contributed by atoms with Gasteiger partial charge in [-0.1, -0.05) is 6.92 Å². The summed E-state index contributed by atoms with van der Waals surface area (Å²) in [4.78, 5) is 15.9. The third-order valence-corrected chi connectivity index (χ3v) is 2.98. The van der Waals surface area contributed by atoms with Gasteiger partial charge >= 0.3 is 0 Å². The fourth-order valence-electron chi connectivity index (χ4n) is 2.06. The molecule has 1 amide bonds. The molecule has 1 aliphatic rings. The average Bonchev–Trinajstić information content (AvgIpc) is 2.31. The van der Waals surface area contributed by atoms with Gasteiger partial charge in [0.25, 0.3) is 0 Å². The highest BCUT2D eigenvalue weighted by Gasteiger charge is 2.27. The van der Waals surface area contributed by atoms with Crippen molar-refractivity contribution in [2.75, 3.05) is 11.9 Å². The van der Waals surface area contributed by atoms with E-state index in [1.54, 1.807) is 12.4 Å². The third kappa shape index (κ3) is 2.58. The molecule has 0 bridgehead atoms. The van der Waals surface area contributed by atoms with Crippen molar-refractivity contribution >= 4 is 11.6 Å². The van der Waals surface area contributed by atoms with Crippen molar-refractivity contribution < 1.29 is 4.79 Å². The molecule has 1 aromatic rings. The minimum absolute atomic E-state index is 0.0419. The molecule has 0 aliphatic carbocycles. The molecule has 1 aromatic heterocycles. The van der Waals surface area contributed by atoms with Gasteiger partial charge in [0.15, 0.2) is 0 Å². The molecule has 86 valence electrons. The molecule has 0 aromatic carbocycles. The van der Waals surface area contributed by atoms with E-state index >= 15 is 0 Å². The lowest BCUT2D eigenvalue weighted by atomic mass is 9.92. The molecule has 2 N–H and O–H groups in total. The summed E-state index contributed by atoms with van der Waals surface area (Å²) in [7, 11) is 0. The predicted molar refractivity (Wildman–Crippen MR) is 63.1 cm³/mol. The second kappa shape index (κ2) is 5.07. The molecule has 1 aliphatic heterocycles. The van der Waals surface area contributed by atoms with Crippen LogP contribution in [0.2, 0.25) is 0 Å². The lowest BCUT2D eigenvalue weighted by molar-refractivity contribution is -0.119. The number of carbonyl (C=O) groups is 1. The van der Waals surface area contributed by atoms with Crippen LogP contribution in [0.15, 0.2) is 24.5 Å². The molecule has 1 fully saturated rings. The highest BCUT2D eigenvalue weighted by Crippen LogP contribution is 2.17. The summed E-state index contributed by atoms with van der Waals surface area (Å²) in [6, 6.07) is 3.58. The van der Waals surface area contributed by atoms with Gasteiger partial charge in [-0.05, 0) is 37.4 Å². The fraction of sp³-hybridized carbons (Fsp3) is 0.500. The van der Waals surface area contributed by atoms with Crippen molar-refractivity contribution in [3.05, 3.63) is 24.5 Å². The van der Waals surface area contributed by atoms with Crippen LogP contribution in [-0.4, -0.2) is 23.5 Å². The molecule has 0 radical (unpaired) electrons. The maximum Gasteiger partial charge on any atom is 0.241 e. The van der Waals surface area contributed by atoms with Crippen LogP contribution in [0.25, 0.3) is 0 Å². The van der Waals surface area contributed by atoms with E-state index in [1.807, 2.05) is 12.1 Å². The van der Waals surface area contributed by atoms with Crippen LogP contribution < -0.4 is 10.6 Å². The Kier molecular flexibility index (Phi) is 3.51. The summed E-state index contributed by atoms with van der Waals surface area (Å²) in [5.41, 5.74) is 0.757. The lowest BCUT2D eigenvalue weighted by Crippen LogP contribution is -2.48. The van der Waals surface area contributed by atoms with E-state index in [-0.39, 0.29) is 11.9 Å². The van der Waals surface area contributed by atoms with Crippen LogP contribution >= 0.6 is 0 Å². The largest absolute Gasteiger partial charge is 0.323 e. The van der Waals surface area contributed by atoms with E-state index in [9.17, 15) is 4.79 Å². The zero-order valence-corrected chi connectivity index (χ0v) is 9.44. The molecule has 0 saturated carbocycles. The van der Waals surface area contributed by atoms with Crippen LogP contribution in [0.3, 0.4) is 0 Å².